The number of nitrogens with one attached hydrogen (secondary N) is 1. The van der Waals surface area contributed by atoms with Gasteiger partial charge in [0.15, 0.2) is 0 Å². The third kappa shape index (κ3) is 2.18. The minimum Gasteiger partial charge on any atom is -0.321 e. The first-order valence-corrected chi connectivity index (χ1v) is 4.45. The van der Waals surface area contributed by atoms with E-state index in [1.807, 2.05) is 6.92 Å². The Kier molecular flexibility index (Phi) is 2.38. The van der Waals surface area contributed by atoms with Crippen LogP contribution >= 0.6 is 0 Å². The molecule has 1 heterocycles. The van der Waals surface area contributed by atoms with Crippen LogP contribution in [0.3, 0.4) is 0 Å². The van der Waals surface area contributed by atoms with E-state index in [4.69, 9.17) is 0 Å². The van der Waals surface area contributed by atoms with Crippen LogP contribution in [0.5, 0.6) is 0 Å². The van der Waals surface area contributed by atoms with Crippen molar-refractivity contribution in [2.24, 2.45) is 0 Å². The van der Waals surface area contributed by atoms with Crippen LogP contribution in [0.4, 0.5) is 0 Å². The van der Waals surface area contributed by atoms with E-state index in [9.17, 15) is 4.79 Å². The summed E-state index contributed by atoms with van der Waals surface area (Å²) >= 11 is 0. The van der Waals surface area contributed by atoms with Gasteiger partial charge in [-0.2, -0.15) is 0 Å². The molecule has 0 saturated heterocycles. The van der Waals surface area contributed by atoms with Crippen molar-refractivity contribution in [3.63, 3.8) is 0 Å². The molecular weight excluding hydrogens is 150 g/mol. The van der Waals surface area contributed by atoms with Crippen LogP contribution in [-0.2, 0) is 4.79 Å². The number of quaternary nitrogens is 1. The second-order valence-electron chi connectivity index (χ2n) is 4.66. The second kappa shape index (κ2) is 3.02. The lowest BCUT2D eigenvalue weighted by molar-refractivity contribution is -0.935. The van der Waals surface area contributed by atoms with Crippen molar-refractivity contribution in [3.8, 4) is 0 Å². The van der Waals surface area contributed by atoms with E-state index >= 15 is 0 Å². The highest BCUT2D eigenvalue weighted by Gasteiger charge is 2.29. The highest BCUT2D eigenvalue weighted by Crippen LogP contribution is 1.99. The number of hydrogen-bond acceptors (Lipinski definition) is 1. The predicted molar refractivity (Wildman–Crippen MR) is 49.2 cm³/mol. The molecule has 0 amide bonds. The highest BCUT2D eigenvalue weighted by molar-refractivity contribution is 5.91. The maximum Gasteiger partial charge on any atom is 0.209 e. The maximum atomic E-state index is 11.2. The minimum absolute atomic E-state index is 0.186. The Bertz CT molecular complexity index is 222. The fourth-order valence-electron chi connectivity index (χ4n) is 1.52. The Morgan fingerprint density at radius 3 is 2.33 bits per heavy atom. The molecule has 0 radical (unpaired) electrons. The summed E-state index contributed by atoms with van der Waals surface area (Å²) in [4.78, 5) is 12.6. The Hall–Kier alpha value is -0.630. The number of ketones is 1. The summed E-state index contributed by atoms with van der Waals surface area (Å²) in [7, 11) is 0. The number of carbonyl (C=O) groups excluding carboxylic acids is 1. The van der Waals surface area contributed by atoms with Crippen LogP contribution in [0.25, 0.3) is 0 Å². The molecule has 1 aliphatic rings. The van der Waals surface area contributed by atoms with E-state index in [1.54, 1.807) is 6.08 Å². The maximum absolute atomic E-state index is 11.2. The van der Waals surface area contributed by atoms with Crippen molar-refractivity contribution in [2.45, 2.75) is 33.2 Å². The molecule has 0 aromatic carbocycles. The molecule has 2 heteroatoms. The third-order valence-corrected chi connectivity index (χ3v) is 2.35. The molecule has 0 saturated carbocycles. The topological polar surface area (TPSA) is 21.5 Å². The summed E-state index contributed by atoms with van der Waals surface area (Å²) in [6.45, 7) is 10.2. The molecule has 68 valence electrons. The van der Waals surface area contributed by atoms with Gasteiger partial charge in [-0.15, -0.1) is 0 Å². The summed E-state index contributed by atoms with van der Waals surface area (Å²) in [6.07, 6.45) is 1.77. The summed E-state index contributed by atoms with van der Waals surface area (Å²) in [5, 5.41) is 0. The van der Waals surface area contributed by atoms with Gasteiger partial charge in [-0.1, -0.05) is 0 Å². The molecule has 0 spiro atoms. The number of hydrogen-bond donors (Lipinski definition) is 1. The Morgan fingerprint density at radius 2 is 1.92 bits per heavy atom. The Morgan fingerprint density at radius 1 is 1.33 bits per heavy atom. The molecule has 0 fully saturated rings. The standard InChI is InChI=1S/C10H17NO/c1-8-5-9(12)7-11(6-8)10(2,3)4/h5H,6-7H2,1-4H3/p+1. The molecule has 1 rings (SSSR count). The van der Waals surface area contributed by atoms with Crippen molar-refractivity contribution in [1.29, 1.82) is 0 Å². The zero-order valence-corrected chi connectivity index (χ0v) is 8.40. The molecule has 1 N–H and O–H groups in total. The van der Waals surface area contributed by atoms with E-state index in [1.165, 1.54) is 10.5 Å². The van der Waals surface area contributed by atoms with Crippen LogP contribution in [0, 0.1) is 0 Å². The molecule has 0 bridgehead atoms. The molecule has 0 aliphatic carbocycles. The van der Waals surface area contributed by atoms with Gasteiger partial charge in [0.05, 0.1) is 12.1 Å². The molecule has 2 nitrogen and oxygen atoms in total. The van der Waals surface area contributed by atoms with Crippen LogP contribution in [0.15, 0.2) is 11.6 Å². The summed E-state index contributed by atoms with van der Waals surface area (Å²) in [6, 6.07) is 0. The van der Waals surface area contributed by atoms with Crippen molar-refractivity contribution >= 4 is 5.78 Å². The van der Waals surface area contributed by atoms with Crippen LogP contribution in [0.1, 0.15) is 27.7 Å². The molecule has 1 atom stereocenters. The molecule has 1 aliphatic heterocycles. The Labute approximate surface area is 74.2 Å². The lowest BCUT2D eigenvalue weighted by atomic mass is 10.0. The molecule has 0 aromatic heterocycles. The zero-order chi connectivity index (χ0) is 9.35. The van der Waals surface area contributed by atoms with Crippen LogP contribution in [-0.4, -0.2) is 24.4 Å². The largest absolute Gasteiger partial charge is 0.321 e. The monoisotopic (exact) mass is 168 g/mol. The quantitative estimate of drug-likeness (QED) is 0.548. The Balaban J connectivity index is 2.74. The van der Waals surface area contributed by atoms with Gasteiger partial charge >= 0.3 is 0 Å². The summed E-state index contributed by atoms with van der Waals surface area (Å²) in [5.41, 5.74) is 1.39. The zero-order valence-electron chi connectivity index (χ0n) is 8.40. The van der Waals surface area contributed by atoms with Crippen LogP contribution in [0.2, 0.25) is 0 Å². The lowest BCUT2D eigenvalue weighted by Crippen LogP contribution is -3.20. The fourth-order valence-corrected chi connectivity index (χ4v) is 1.52. The first kappa shape index (κ1) is 9.46. The fraction of sp³-hybridized carbons (Fsp3) is 0.700. The average molecular weight is 168 g/mol. The van der Waals surface area contributed by atoms with E-state index in [2.05, 4.69) is 20.8 Å². The van der Waals surface area contributed by atoms with Crippen LogP contribution < -0.4 is 4.90 Å². The van der Waals surface area contributed by atoms with Gasteiger partial charge in [0.25, 0.3) is 0 Å². The minimum atomic E-state index is 0.186. The van der Waals surface area contributed by atoms with E-state index in [0.717, 1.165) is 6.54 Å². The van der Waals surface area contributed by atoms with Gasteiger partial charge in [-0.25, -0.2) is 0 Å². The van der Waals surface area contributed by atoms with Gasteiger partial charge in [0.2, 0.25) is 5.78 Å². The molecular formula is C10H18NO+. The first-order chi connectivity index (χ1) is 5.39. The van der Waals surface area contributed by atoms with E-state index in [-0.39, 0.29) is 11.3 Å². The van der Waals surface area contributed by atoms with E-state index < -0.39 is 0 Å². The van der Waals surface area contributed by atoms with Gasteiger partial charge in [0, 0.05) is 0 Å². The van der Waals surface area contributed by atoms with Crippen molar-refractivity contribution < 1.29 is 9.69 Å². The van der Waals surface area contributed by atoms with Gasteiger partial charge in [0.1, 0.15) is 6.54 Å². The smallest absolute Gasteiger partial charge is 0.209 e. The SMILES string of the molecule is CC1=CC(=O)C[NH+](C(C)(C)C)C1. The first-order valence-electron chi connectivity index (χ1n) is 4.45. The predicted octanol–water partition coefficient (Wildman–Crippen LogP) is 0.199. The normalized spacial score (nSPS) is 25.5. The molecule has 12 heavy (non-hydrogen) atoms. The molecule has 1 unspecified atom stereocenters. The van der Waals surface area contributed by atoms with Gasteiger partial charge < -0.3 is 4.90 Å². The van der Waals surface area contributed by atoms with Gasteiger partial charge in [-0.05, 0) is 39.3 Å². The van der Waals surface area contributed by atoms with Gasteiger partial charge in [-0.3, -0.25) is 4.79 Å². The second-order valence-corrected chi connectivity index (χ2v) is 4.66. The number of rotatable bonds is 0. The van der Waals surface area contributed by atoms with Crippen molar-refractivity contribution in [3.05, 3.63) is 11.6 Å². The summed E-state index contributed by atoms with van der Waals surface area (Å²) < 4.78 is 0. The van der Waals surface area contributed by atoms with Crippen molar-refractivity contribution in [1.82, 2.24) is 0 Å². The summed E-state index contributed by atoms with van der Waals surface area (Å²) in [5.74, 6) is 0.267. The third-order valence-electron chi connectivity index (χ3n) is 2.35. The number of carbonyl (C=O) groups is 1. The average Bonchev–Trinajstić information content (AvgIpc) is 1.82. The lowest BCUT2D eigenvalue weighted by Gasteiger charge is -2.33. The van der Waals surface area contributed by atoms with E-state index in [0.29, 0.717) is 6.54 Å². The molecule has 0 aromatic rings. The highest BCUT2D eigenvalue weighted by atomic mass is 16.1. The van der Waals surface area contributed by atoms with Crippen molar-refractivity contribution in [2.75, 3.05) is 13.1 Å².